The first-order chi connectivity index (χ1) is 14.9. The summed E-state index contributed by atoms with van der Waals surface area (Å²) in [5.74, 6) is 1.35. The maximum absolute atomic E-state index is 12.1. The molecule has 5 rings (SSSR count). The van der Waals surface area contributed by atoms with Crippen molar-refractivity contribution in [2.75, 3.05) is 30.9 Å². The predicted octanol–water partition coefficient (Wildman–Crippen LogP) is 3.55. The van der Waals surface area contributed by atoms with Crippen LogP contribution in [0.25, 0.3) is 33.2 Å². The minimum atomic E-state index is -3.22. The molecule has 1 saturated heterocycles. The van der Waals surface area contributed by atoms with Crippen molar-refractivity contribution in [3.05, 3.63) is 54.2 Å². The number of fused-ring (bicyclic) bond motifs is 2. The fourth-order valence-corrected chi connectivity index (χ4v) is 5.05. The third-order valence-corrected chi connectivity index (χ3v) is 6.52. The molecule has 3 heterocycles. The van der Waals surface area contributed by atoms with Crippen LogP contribution in [0.15, 0.2) is 48.7 Å². The van der Waals surface area contributed by atoms with Gasteiger partial charge in [-0.3, -0.25) is 0 Å². The maximum Gasteiger partial charge on any atom is 0.162 e. The summed E-state index contributed by atoms with van der Waals surface area (Å²) in [5.41, 5.74) is 3.29. The fraction of sp³-hybridized carbons (Fsp3) is 0.304. The van der Waals surface area contributed by atoms with Crippen molar-refractivity contribution in [3.8, 4) is 11.4 Å². The number of morpholine rings is 1. The van der Waals surface area contributed by atoms with Crippen LogP contribution < -0.4 is 4.90 Å². The van der Waals surface area contributed by atoms with E-state index in [9.17, 15) is 8.42 Å². The van der Waals surface area contributed by atoms with E-state index in [1.165, 1.54) is 6.26 Å². The smallest absolute Gasteiger partial charge is 0.162 e. The molecule has 1 fully saturated rings. The Balaban J connectivity index is 1.80. The molecule has 0 bridgehead atoms. The second kappa shape index (κ2) is 7.62. The summed E-state index contributed by atoms with van der Waals surface area (Å²) in [5, 5.41) is 1.89. The number of H-pyrrole nitrogens is 1. The fourth-order valence-electron chi connectivity index (χ4n) is 4.26. The summed E-state index contributed by atoms with van der Waals surface area (Å²) in [7, 11) is -3.22. The van der Waals surface area contributed by atoms with E-state index in [4.69, 9.17) is 14.7 Å². The number of rotatable bonds is 4. The zero-order valence-corrected chi connectivity index (χ0v) is 18.3. The Morgan fingerprint density at radius 1 is 1.13 bits per heavy atom. The van der Waals surface area contributed by atoms with Gasteiger partial charge in [0, 0.05) is 40.8 Å². The molecule has 2 aromatic heterocycles. The minimum Gasteiger partial charge on any atom is -0.377 e. The average molecular weight is 437 g/mol. The van der Waals surface area contributed by atoms with Gasteiger partial charge in [-0.1, -0.05) is 24.3 Å². The van der Waals surface area contributed by atoms with Gasteiger partial charge in [0.25, 0.3) is 0 Å². The Kier molecular flexibility index (Phi) is 4.91. The third-order valence-electron chi connectivity index (χ3n) is 5.68. The van der Waals surface area contributed by atoms with Crippen LogP contribution in [0.1, 0.15) is 12.5 Å². The maximum atomic E-state index is 12.1. The van der Waals surface area contributed by atoms with Gasteiger partial charge in [-0.25, -0.2) is 18.4 Å². The lowest BCUT2D eigenvalue weighted by Gasteiger charge is -2.35. The van der Waals surface area contributed by atoms with E-state index in [2.05, 4.69) is 16.8 Å². The number of anilines is 1. The highest BCUT2D eigenvalue weighted by molar-refractivity contribution is 7.89. The van der Waals surface area contributed by atoms with Crippen molar-refractivity contribution in [1.82, 2.24) is 15.0 Å². The van der Waals surface area contributed by atoms with Crippen LogP contribution in [0.4, 0.5) is 5.82 Å². The number of aromatic amines is 1. The highest BCUT2D eigenvalue weighted by Gasteiger charge is 2.25. The van der Waals surface area contributed by atoms with Crippen LogP contribution in [-0.2, 0) is 20.3 Å². The number of nitrogens with one attached hydrogen (secondary N) is 1. The first-order valence-corrected chi connectivity index (χ1v) is 12.3. The van der Waals surface area contributed by atoms with Crippen LogP contribution in [0.3, 0.4) is 0 Å². The molecular weight excluding hydrogens is 412 g/mol. The number of ether oxygens (including phenoxy) is 1. The SMILES string of the molecule is C[C@@H]1COCCN1c1nc(-c2cccc3[nH]ccc23)nc2c(CS(C)(=O)=O)cccc12. The normalized spacial score (nSPS) is 17.5. The van der Waals surface area contributed by atoms with E-state index in [0.29, 0.717) is 30.1 Å². The summed E-state index contributed by atoms with van der Waals surface area (Å²) in [4.78, 5) is 15.4. The van der Waals surface area contributed by atoms with Crippen molar-refractivity contribution < 1.29 is 13.2 Å². The molecule has 1 N–H and O–H groups in total. The molecule has 7 nitrogen and oxygen atoms in total. The van der Waals surface area contributed by atoms with Crippen LogP contribution in [0.5, 0.6) is 0 Å². The first-order valence-electron chi connectivity index (χ1n) is 10.3. The van der Waals surface area contributed by atoms with Crippen LogP contribution in [-0.4, -0.2) is 55.4 Å². The molecule has 160 valence electrons. The van der Waals surface area contributed by atoms with Gasteiger partial charge in [0.1, 0.15) is 5.82 Å². The molecule has 8 heteroatoms. The molecule has 0 radical (unpaired) electrons. The summed E-state index contributed by atoms with van der Waals surface area (Å²) in [6.45, 7) is 4.08. The van der Waals surface area contributed by atoms with Gasteiger partial charge in [-0.2, -0.15) is 0 Å². The Bertz CT molecular complexity index is 1380. The second-order valence-electron chi connectivity index (χ2n) is 8.12. The zero-order chi connectivity index (χ0) is 21.6. The molecule has 1 aliphatic heterocycles. The quantitative estimate of drug-likeness (QED) is 0.526. The van der Waals surface area contributed by atoms with Crippen molar-refractivity contribution in [2.45, 2.75) is 18.7 Å². The van der Waals surface area contributed by atoms with Crippen molar-refractivity contribution in [1.29, 1.82) is 0 Å². The molecule has 31 heavy (non-hydrogen) atoms. The molecular formula is C23H24N4O3S. The van der Waals surface area contributed by atoms with Gasteiger partial charge in [0.15, 0.2) is 15.7 Å². The summed E-state index contributed by atoms with van der Waals surface area (Å²) in [6.07, 6.45) is 3.15. The van der Waals surface area contributed by atoms with E-state index >= 15 is 0 Å². The molecule has 0 saturated carbocycles. The number of hydrogen-bond donors (Lipinski definition) is 1. The lowest BCUT2D eigenvalue weighted by molar-refractivity contribution is 0.0987. The molecule has 2 aromatic carbocycles. The minimum absolute atomic E-state index is 0.0622. The Labute approximate surface area is 181 Å². The van der Waals surface area contributed by atoms with E-state index in [1.807, 2.05) is 48.7 Å². The third kappa shape index (κ3) is 3.77. The second-order valence-corrected chi connectivity index (χ2v) is 10.3. The largest absolute Gasteiger partial charge is 0.377 e. The van der Waals surface area contributed by atoms with E-state index < -0.39 is 9.84 Å². The van der Waals surface area contributed by atoms with Gasteiger partial charge in [0.05, 0.1) is 30.5 Å². The lowest BCUT2D eigenvalue weighted by Crippen LogP contribution is -2.44. The van der Waals surface area contributed by atoms with E-state index in [-0.39, 0.29) is 11.8 Å². The Hall–Kier alpha value is -2.97. The molecule has 1 aliphatic rings. The highest BCUT2D eigenvalue weighted by atomic mass is 32.2. The number of sulfone groups is 1. The van der Waals surface area contributed by atoms with Gasteiger partial charge < -0.3 is 14.6 Å². The number of benzene rings is 2. The average Bonchev–Trinajstić information content (AvgIpc) is 3.22. The number of para-hydroxylation sites is 1. The molecule has 1 atom stereocenters. The predicted molar refractivity (Wildman–Crippen MR) is 123 cm³/mol. The van der Waals surface area contributed by atoms with Crippen molar-refractivity contribution >= 4 is 37.5 Å². The van der Waals surface area contributed by atoms with Gasteiger partial charge >= 0.3 is 0 Å². The molecule has 4 aromatic rings. The van der Waals surface area contributed by atoms with Crippen LogP contribution in [0.2, 0.25) is 0 Å². The summed E-state index contributed by atoms with van der Waals surface area (Å²) in [6, 6.07) is 13.8. The first kappa shape index (κ1) is 20.0. The monoisotopic (exact) mass is 436 g/mol. The zero-order valence-electron chi connectivity index (χ0n) is 17.5. The molecule has 0 amide bonds. The number of aromatic nitrogens is 3. The van der Waals surface area contributed by atoms with Crippen molar-refractivity contribution in [2.24, 2.45) is 0 Å². The standard InChI is InChI=1S/C23H24N4O3S/c1-15-13-30-12-11-27(15)23-19-7-3-5-16(14-31(2,28)29)21(19)25-22(26-23)18-6-4-8-20-17(18)9-10-24-20/h3-10,15,24H,11-14H2,1-2H3/t15-/m1/s1. The van der Waals surface area contributed by atoms with Gasteiger partial charge in [-0.15, -0.1) is 0 Å². The van der Waals surface area contributed by atoms with Gasteiger partial charge in [0.2, 0.25) is 0 Å². The Morgan fingerprint density at radius 2 is 1.97 bits per heavy atom. The van der Waals surface area contributed by atoms with Crippen molar-refractivity contribution in [3.63, 3.8) is 0 Å². The van der Waals surface area contributed by atoms with Crippen LogP contribution >= 0.6 is 0 Å². The van der Waals surface area contributed by atoms with Gasteiger partial charge in [-0.05, 0) is 30.7 Å². The highest BCUT2D eigenvalue weighted by Crippen LogP contribution is 2.34. The molecule has 0 aliphatic carbocycles. The van der Waals surface area contributed by atoms with E-state index in [1.54, 1.807) is 0 Å². The summed E-state index contributed by atoms with van der Waals surface area (Å²) >= 11 is 0. The summed E-state index contributed by atoms with van der Waals surface area (Å²) < 4.78 is 29.8. The lowest BCUT2D eigenvalue weighted by atomic mass is 10.1. The van der Waals surface area contributed by atoms with E-state index in [0.717, 1.165) is 34.2 Å². The number of hydrogen-bond acceptors (Lipinski definition) is 6. The van der Waals surface area contributed by atoms with Crippen LogP contribution in [0, 0.1) is 0 Å². The molecule has 0 unspecified atom stereocenters. The topological polar surface area (TPSA) is 88.2 Å². The molecule has 0 spiro atoms. The Morgan fingerprint density at radius 3 is 2.77 bits per heavy atom. The number of nitrogens with zero attached hydrogens (tertiary/aromatic N) is 3.